The number of phenols is 1. The van der Waals surface area contributed by atoms with Gasteiger partial charge < -0.3 is 24.6 Å². The molecular weight excluding hydrogens is 478 g/mol. The lowest BCUT2D eigenvalue weighted by atomic mass is 9.68. The van der Waals surface area contributed by atoms with Crippen molar-refractivity contribution < 1.29 is 28.9 Å². The predicted molar refractivity (Wildman–Crippen MR) is 123 cm³/mol. The van der Waals surface area contributed by atoms with Crippen molar-refractivity contribution in [1.82, 2.24) is 5.32 Å². The topological polar surface area (TPSA) is 94.1 Å². The van der Waals surface area contributed by atoms with E-state index in [-0.39, 0.29) is 29.3 Å². The van der Waals surface area contributed by atoms with Crippen LogP contribution < -0.4 is 10.1 Å². The van der Waals surface area contributed by atoms with E-state index < -0.39 is 11.9 Å². The monoisotopic (exact) mass is 507 g/mol. The van der Waals surface area contributed by atoms with Gasteiger partial charge in [0.25, 0.3) is 0 Å². The molecule has 1 aliphatic heterocycles. The lowest BCUT2D eigenvalue weighted by Crippen LogP contribution is -2.38. The van der Waals surface area contributed by atoms with Crippen LogP contribution in [0.25, 0.3) is 0 Å². The summed E-state index contributed by atoms with van der Waals surface area (Å²) in [6.45, 7) is 8.75. The Morgan fingerprint density at radius 3 is 2.66 bits per heavy atom. The Morgan fingerprint density at radius 1 is 1.28 bits per heavy atom. The number of halogens is 1. The number of methoxy groups -OCH3 is 1. The van der Waals surface area contributed by atoms with E-state index in [2.05, 4.69) is 35.1 Å². The third-order valence-corrected chi connectivity index (χ3v) is 6.33. The Labute approximate surface area is 196 Å². The van der Waals surface area contributed by atoms with Gasteiger partial charge in [0.15, 0.2) is 17.3 Å². The first kappa shape index (κ1) is 24.3. The maximum absolute atomic E-state index is 13.3. The van der Waals surface area contributed by atoms with Crippen molar-refractivity contribution in [3.05, 3.63) is 44.7 Å². The standard InChI is InChI=1S/C24H30BrNO6/c1-6-31-7-8-32-23(29)19-13(2)26-16-11-24(3,4)12-17(27)21(16)20(19)14-9-15(25)22(28)18(10-14)30-5/h9-10,20,26,28H,6-8,11-12H2,1-5H3/t20-/m1/s1. The third kappa shape index (κ3) is 4.86. The first-order chi connectivity index (χ1) is 15.1. The van der Waals surface area contributed by atoms with E-state index in [9.17, 15) is 14.7 Å². The van der Waals surface area contributed by atoms with Gasteiger partial charge in [0, 0.05) is 35.9 Å². The number of ether oxygens (including phenoxy) is 3. The number of esters is 1. The van der Waals surface area contributed by atoms with Crippen LogP contribution in [0.4, 0.5) is 0 Å². The molecule has 1 atom stereocenters. The zero-order valence-electron chi connectivity index (χ0n) is 19.1. The van der Waals surface area contributed by atoms with Crippen molar-refractivity contribution >= 4 is 27.7 Å². The second kappa shape index (κ2) is 9.67. The minimum absolute atomic E-state index is 0.0102. The van der Waals surface area contributed by atoms with Gasteiger partial charge in [-0.15, -0.1) is 0 Å². The zero-order valence-corrected chi connectivity index (χ0v) is 20.7. The number of phenolic OH excluding ortho intramolecular Hbond substituents is 1. The molecule has 8 heteroatoms. The molecule has 0 amide bonds. The Balaban J connectivity index is 2.12. The Hall–Kier alpha value is -2.32. The molecule has 1 aromatic rings. The number of dihydropyridines is 1. The molecule has 1 aliphatic carbocycles. The molecule has 0 bridgehead atoms. The number of Topliss-reactive ketones (excluding diaryl/α,β-unsaturated/α-hetero) is 1. The summed E-state index contributed by atoms with van der Waals surface area (Å²) in [7, 11) is 1.46. The summed E-state index contributed by atoms with van der Waals surface area (Å²) >= 11 is 3.36. The second-order valence-electron chi connectivity index (χ2n) is 8.82. The SMILES string of the molecule is CCOCCOC(=O)C1=C(C)NC2=C(C(=O)CC(C)(C)C2)[C@@H]1c1cc(Br)c(O)c(OC)c1. The van der Waals surface area contributed by atoms with E-state index in [1.165, 1.54) is 7.11 Å². The molecule has 0 saturated carbocycles. The Kier molecular flexibility index (Phi) is 7.35. The van der Waals surface area contributed by atoms with Crippen LogP contribution in [0.3, 0.4) is 0 Å². The molecule has 0 spiro atoms. The Morgan fingerprint density at radius 2 is 2.00 bits per heavy atom. The molecule has 0 fully saturated rings. The normalized spacial score (nSPS) is 20.1. The molecule has 1 heterocycles. The highest BCUT2D eigenvalue weighted by Gasteiger charge is 2.43. The molecule has 0 radical (unpaired) electrons. The minimum atomic E-state index is -0.639. The summed E-state index contributed by atoms with van der Waals surface area (Å²) in [6.07, 6.45) is 1.07. The van der Waals surface area contributed by atoms with Gasteiger partial charge in [0.2, 0.25) is 0 Å². The smallest absolute Gasteiger partial charge is 0.336 e. The summed E-state index contributed by atoms with van der Waals surface area (Å²) in [5.41, 5.74) is 2.87. The van der Waals surface area contributed by atoms with Crippen LogP contribution in [0.1, 0.15) is 52.0 Å². The summed E-state index contributed by atoms with van der Waals surface area (Å²) in [5.74, 6) is -0.950. The lowest BCUT2D eigenvalue weighted by Gasteiger charge is -2.39. The first-order valence-electron chi connectivity index (χ1n) is 10.6. The summed E-state index contributed by atoms with van der Waals surface area (Å²) in [6, 6.07) is 3.38. The second-order valence-corrected chi connectivity index (χ2v) is 9.67. The molecule has 1 aromatic carbocycles. The number of ketones is 1. The quantitative estimate of drug-likeness (QED) is 0.418. The van der Waals surface area contributed by atoms with Crippen molar-refractivity contribution in [3.63, 3.8) is 0 Å². The fourth-order valence-corrected chi connectivity index (χ4v) is 4.83. The summed E-state index contributed by atoms with van der Waals surface area (Å²) in [5, 5.41) is 13.6. The van der Waals surface area contributed by atoms with E-state index >= 15 is 0 Å². The highest BCUT2D eigenvalue weighted by Crippen LogP contribution is 2.48. The van der Waals surface area contributed by atoms with Gasteiger partial charge in [-0.25, -0.2) is 4.79 Å². The zero-order chi connectivity index (χ0) is 23.6. The van der Waals surface area contributed by atoms with Crippen LogP contribution in [-0.4, -0.2) is 43.8 Å². The molecule has 0 saturated heterocycles. The number of allylic oxidation sites excluding steroid dienone is 3. The van der Waals surface area contributed by atoms with Crippen molar-refractivity contribution in [1.29, 1.82) is 0 Å². The van der Waals surface area contributed by atoms with Crippen LogP contribution >= 0.6 is 15.9 Å². The molecule has 7 nitrogen and oxygen atoms in total. The number of hydrogen-bond donors (Lipinski definition) is 2. The summed E-state index contributed by atoms with van der Waals surface area (Å²) in [4.78, 5) is 26.5. The molecule has 174 valence electrons. The van der Waals surface area contributed by atoms with E-state index in [0.29, 0.717) is 52.9 Å². The average Bonchev–Trinajstić information content (AvgIpc) is 2.71. The van der Waals surface area contributed by atoms with Gasteiger partial charge in [0.05, 0.1) is 23.8 Å². The minimum Gasteiger partial charge on any atom is -0.503 e. The first-order valence-corrected chi connectivity index (χ1v) is 11.4. The van der Waals surface area contributed by atoms with Crippen LogP contribution in [0.15, 0.2) is 39.1 Å². The van der Waals surface area contributed by atoms with E-state index in [1.807, 2.05) is 13.8 Å². The van der Waals surface area contributed by atoms with Crippen molar-refractivity contribution in [2.45, 2.75) is 46.5 Å². The van der Waals surface area contributed by atoms with Crippen LogP contribution in [0.2, 0.25) is 0 Å². The number of carbonyl (C=O) groups excluding carboxylic acids is 2. The fraction of sp³-hybridized carbons (Fsp3) is 0.500. The number of nitrogens with one attached hydrogen (secondary N) is 1. The van der Waals surface area contributed by atoms with Gasteiger partial charge >= 0.3 is 5.97 Å². The average molecular weight is 508 g/mol. The maximum atomic E-state index is 13.3. The van der Waals surface area contributed by atoms with Crippen molar-refractivity contribution in [3.8, 4) is 11.5 Å². The molecule has 0 aromatic heterocycles. The molecule has 2 aliphatic rings. The van der Waals surface area contributed by atoms with Gasteiger partial charge in [-0.1, -0.05) is 13.8 Å². The van der Waals surface area contributed by atoms with Gasteiger partial charge in [-0.2, -0.15) is 0 Å². The van der Waals surface area contributed by atoms with Gasteiger partial charge in [-0.3, -0.25) is 4.79 Å². The highest BCUT2D eigenvalue weighted by atomic mass is 79.9. The number of benzene rings is 1. The predicted octanol–water partition coefficient (Wildman–Crippen LogP) is 4.35. The number of carbonyl (C=O) groups is 2. The van der Waals surface area contributed by atoms with Gasteiger partial charge in [0.1, 0.15) is 6.61 Å². The van der Waals surface area contributed by atoms with Crippen LogP contribution in [-0.2, 0) is 19.1 Å². The van der Waals surface area contributed by atoms with E-state index in [4.69, 9.17) is 14.2 Å². The number of hydrogen-bond acceptors (Lipinski definition) is 7. The van der Waals surface area contributed by atoms with E-state index in [0.717, 1.165) is 5.70 Å². The molecule has 3 rings (SSSR count). The number of rotatable bonds is 7. The van der Waals surface area contributed by atoms with Crippen molar-refractivity contribution in [2.75, 3.05) is 26.9 Å². The molecule has 32 heavy (non-hydrogen) atoms. The van der Waals surface area contributed by atoms with E-state index in [1.54, 1.807) is 12.1 Å². The highest BCUT2D eigenvalue weighted by molar-refractivity contribution is 9.10. The van der Waals surface area contributed by atoms with Crippen LogP contribution in [0, 0.1) is 5.41 Å². The molecule has 2 N–H and O–H groups in total. The van der Waals surface area contributed by atoms with Crippen LogP contribution in [0.5, 0.6) is 11.5 Å². The third-order valence-electron chi connectivity index (χ3n) is 5.73. The number of aromatic hydroxyl groups is 1. The molecular formula is C24H30BrNO6. The largest absolute Gasteiger partial charge is 0.503 e. The molecule has 0 unspecified atom stereocenters. The fourth-order valence-electron chi connectivity index (χ4n) is 4.37. The van der Waals surface area contributed by atoms with Crippen molar-refractivity contribution in [2.24, 2.45) is 5.41 Å². The maximum Gasteiger partial charge on any atom is 0.336 e. The Bertz CT molecular complexity index is 994. The lowest BCUT2D eigenvalue weighted by molar-refractivity contribution is -0.140. The summed E-state index contributed by atoms with van der Waals surface area (Å²) < 4.78 is 16.5. The van der Waals surface area contributed by atoms with Gasteiger partial charge in [-0.05, 0) is 59.3 Å².